The highest BCUT2D eigenvalue weighted by atomic mass is 32.1. The molecule has 0 aromatic heterocycles. The molecule has 0 aliphatic heterocycles. The van der Waals surface area contributed by atoms with Gasteiger partial charge in [0.1, 0.15) is 10.7 Å². The van der Waals surface area contributed by atoms with Gasteiger partial charge < -0.3 is 15.8 Å². The Morgan fingerprint density at radius 3 is 2.65 bits per heavy atom. The maximum absolute atomic E-state index is 12.0. The van der Waals surface area contributed by atoms with E-state index in [0.717, 1.165) is 17.5 Å². The SMILES string of the molecule is CCC(C)NC(=O)C(C)Oc1cc(C(N)=S)ccc1C. The van der Waals surface area contributed by atoms with Crippen molar-refractivity contribution in [2.24, 2.45) is 5.73 Å². The van der Waals surface area contributed by atoms with Gasteiger partial charge >= 0.3 is 0 Å². The molecule has 3 N–H and O–H groups in total. The monoisotopic (exact) mass is 294 g/mol. The molecule has 0 spiro atoms. The van der Waals surface area contributed by atoms with Crippen molar-refractivity contribution < 1.29 is 9.53 Å². The fourth-order valence-corrected chi connectivity index (χ4v) is 1.71. The van der Waals surface area contributed by atoms with Gasteiger partial charge in [-0.05, 0) is 38.8 Å². The van der Waals surface area contributed by atoms with Gasteiger partial charge in [-0.15, -0.1) is 0 Å². The van der Waals surface area contributed by atoms with Crippen molar-refractivity contribution >= 4 is 23.1 Å². The number of hydrogen-bond acceptors (Lipinski definition) is 3. The molecule has 5 heteroatoms. The number of ether oxygens (including phenoxy) is 1. The first-order valence-electron chi connectivity index (χ1n) is 6.72. The van der Waals surface area contributed by atoms with E-state index >= 15 is 0 Å². The van der Waals surface area contributed by atoms with Gasteiger partial charge in [-0.1, -0.05) is 31.3 Å². The highest BCUT2D eigenvalue weighted by molar-refractivity contribution is 7.80. The Balaban J connectivity index is 2.79. The highest BCUT2D eigenvalue weighted by Crippen LogP contribution is 2.21. The maximum atomic E-state index is 12.0. The molecule has 110 valence electrons. The van der Waals surface area contributed by atoms with Crippen LogP contribution in [0, 0.1) is 6.92 Å². The van der Waals surface area contributed by atoms with Crippen LogP contribution in [0.5, 0.6) is 5.75 Å². The Morgan fingerprint density at radius 1 is 1.45 bits per heavy atom. The second-order valence-electron chi connectivity index (χ2n) is 4.92. The first-order chi connectivity index (χ1) is 9.35. The van der Waals surface area contributed by atoms with Crippen molar-refractivity contribution in [1.82, 2.24) is 5.32 Å². The van der Waals surface area contributed by atoms with E-state index in [4.69, 9.17) is 22.7 Å². The molecule has 1 rings (SSSR count). The quantitative estimate of drug-likeness (QED) is 0.790. The first kappa shape index (κ1) is 16.4. The van der Waals surface area contributed by atoms with E-state index in [0.29, 0.717) is 10.7 Å². The van der Waals surface area contributed by atoms with E-state index in [2.05, 4.69) is 5.32 Å². The van der Waals surface area contributed by atoms with Crippen LogP contribution in [-0.4, -0.2) is 23.0 Å². The normalized spacial score (nSPS) is 13.4. The summed E-state index contributed by atoms with van der Waals surface area (Å²) < 4.78 is 5.72. The van der Waals surface area contributed by atoms with Gasteiger partial charge in [0, 0.05) is 11.6 Å². The van der Waals surface area contributed by atoms with Crippen LogP contribution in [0.4, 0.5) is 0 Å². The Labute approximate surface area is 125 Å². The lowest BCUT2D eigenvalue weighted by molar-refractivity contribution is -0.127. The lowest BCUT2D eigenvalue weighted by Crippen LogP contribution is -2.41. The fourth-order valence-electron chi connectivity index (χ4n) is 1.59. The lowest BCUT2D eigenvalue weighted by atomic mass is 10.1. The third-order valence-corrected chi connectivity index (χ3v) is 3.38. The molecule has 2 unspecified atom stereocenters. The predicted octanol–water partition coefficient (Wildman–Crippen LogP) is 2.31. The number of hydrogen-bond donors (Lipinski definition) is 2. The van der Waals surface area contributed by atoms with Gasteiger partial charge in [-0.25, -0.2) is 0 Å². The topological polar surface area (TPSA) is 64.3 Å². The molecule has 2 atom stereocenters. The van der Waals surface area contributed by atoms with Crippen molar-refractivity contribution in [3.63, 3.8) is 0 Å². The molecule has 20 heavy (non-hydrogen) atoms. The second kappa shape index (κ2) is 7.24. The van der Waals surface area contributed by atoms with E-state index in [1.807, 2.05) is 32.9 Å². The lowest BCUT2D eigenvalue weighted by Gasteiger charge is -2.19. The molecule has 1 aromatic rings. The number of carbonyl (C=O) groups is 1. The number of benzene rings is 1. The van der Waals surface area contributed by atoms with Crippen molar-refractivity contribution in [2.45, 2.75) is 46.3 Å². The van der Waals surface area contributed by atoms with E-state index in [1.165, 1.54) is 0 Å². The summed E-state index contributed by atoms with van der Waals surface area (Å²) in [5.74, 6) is 0.501. The highest BCUT2D eigenvalue weighted by Gasteiger charge is 2.17. The standard InChI is InChI=1S/C15H22N2O2S/c1-5-10(3)17-15(18)11(4)19-13-8-12(14(16)20)7-6-9(13)2/h6-8,10-11H,5H2,1-4H3,(H2,16,20)(H,17,18). The van der Waals surface area contributed by atoms with E-state index in [-0.39, 0.29) is 11.9 Å². The minimum absolute atomic E-state index is 0.125. The molecule has 4 nitrogen and oxygen atoms in total. The first-order valence-corrected chi connectivity index (χ1v) is 7.13. The van der Waals surface area contributed by atoms with Gasteiger partial charge in [0.05, 0.1) is 0 Å². The molecule has 1 aromatic carbocycles. The number of nitrogens with two attached hydrogens (primary N) is 1. The fraction of sp³-hybridized carbons (Fsp3) is 0.467. The van der Waals surface area contributed by atoms with Gasteiger partial charge in [0.25, 0.3) is 5.91 Å². The molecule has 0 heterocycles. The third-order valence-electron chi connectivity index (χ3n) is 3.15. The minimum Gasteiger partial charge on any atom is -0.481 e. The van der Waals surface area contributed by atoms with Crippen molar-refractivity contribution in [3.8, 4) is 5.75 Å². The summed E-state index contributed by atoms with van der Waals surface area (Å²) >= 11 is 4.95. The summed E-state index contributed by atoms with van der Waals surface area (Å²) in [5.41, 5.74) is 7.27. The van der Waals surface area contributed by atoms with E-state index < -0.39 is 6.10 Å². The van der Waals surface area contributed by atoms with Crippen LogP contribution >= 0.6 is 12.2 Å². The van der Waals surface area contributed by atoms with Gasteiger partial charge in [-0.3, -0.25) is 4.79 Å². The smallest absolute Gasteiger partial charge is 0.260 e. The molecule has 0 radical (unpaired) electrons. The van der Waals surface area contributed by atoms with Crippen molar-refractivity contribution in [2.75, 3.05) is 0 Å². The molecule has 1 amide bonds. The number of nitrogens with one attached hydrogen (secondary N) is 1. The molecule has 0 saturated heterocycles. The Kier molecular flexibility index (Phi) is 5.95. The number of amides is 1. The molecular weight excluding hydrogens is 272 g/mol. The van der Waals surface area contributed by atoms with Crippen LogP contribution in [0.25, 0.3) is 0 Å². The molecule has 0 aliphatic rings. The maximum Gasteiger partial charge on any atom is 0.260 e. The number of aryl methyl sites for hydroxylation is 1. The average Bonchev–Trinajstić information content (AvgIpc) is 2.40. The minimum atomic E-state index is -0.565. The molecule has 0 fully saturated rings. The zero-order valence-electron chi connectivity index (χ0n) is 12.4. The zero-order valence-corrected chi connectivity index (χ0v) is 13.2. The van der Waals surface area contributed by atoms with E-state index in [9.17, 15) is 4.79 Å². The molecule has 0 bridgehead atoms. The molecule has 0 aliphatic carbocycles. The van der Waals surface area contributed by atoms with Crippen LogP contribution in [0.2, 0.25) is 0 Å². The molecular formula is C15H22N2O2S. The van der Waals surface area contributed by atoms with E-state index in [1.54, 1.807) is 13.0 Å². The molecule has 0 saturated carbocycles. The van der Waals surface area contributed by atoms with Crippen LogP contribution in [0.1, 0.15) is 38.3 Å². The van der Waals surface area contributed by atoms with Crippen molar-refractivity contribution in [3.05, 3.63) is 29.3 Å². The largest absolute Gasteiger partial charge is 0.481 e. The summed E-state index contributed by atoms with van der Waals surface area (Å²) in [6, 6.07) is 5.62. The number of carbonyl (C=O) groups excluding carboxylic acids is 1. The van der Waals surface area contributed by atoms with Gasteiger partial charge in [0.15, 0.2) is 6.10 Å². The second-order valence-corrected chi connectivity index (χ2v) is 5.36. The predicted molar refractivity (Wildman–Crippen MR) is 85.1 cm³/mol. The van der Waals surface area contributed by atoms with Crippen LogP contribution in [-0.2, 0) is 4.79 Å². The van der Waals surface area contributed by atoms with Gasteiger partial charge in [-0.2, -0.15) is 0 Å². The zero-order chi connectivity index (χ0) is 15.3. The summed E-state index contributed by atoms with van der Waals surface area (Å²) in [6.07, 6.45) is 0.318. The number of thiocarbonyl (C=S) groups is 1. The van der Waals surface area contributed by atoms with Crippen LogP contribution < -0.4 is 15.8 Å². The Hall–Kier alpha value is -1.62. The number of rotatable bonds is 6. The van der Waals surface area contributed by atoms with Crippen molar-refractivity contribution in [1.29, 1.82) is 0 Å². The Bertz CT molecular complexity index is 503. The third kappa shape index (κ3) is 4.49. The average molecular weight is 294 g/mol. The Morgan fingerprint density at radius 2 is 2.10 bits per heavy atom. The summed E-state index contributed by atoms with van der Waals surface area (Å²) in [5, 5.41) is 2.89. The summed E-state index contributed by atoms with van der Waals surface area (Å²) in [4.78, 5) is 12.3. The van der Waals surface area contributed by atoms with Crippen LogP contribution in [0.3, 0.4) is 0 Å². The summed E-state index contributed by atoms with van der Waals surface area (Å²) in [7, 11) is 0. The van der Waals surface area contributed by atoms with Gasteiger partial charge in [0.2, 0.25) is 0 Å². The van der Waals surface area contributed by atoms with Crippen LogP contribution in [0.15, 0.2) is 18.2 Å². The summed E-state index contributed by atoms with van der Waals surface area (Å²) in [6.45, 7) is 7.62.